The maximum absolute atomic E-state index is 13.2. The largest absolute Gasteiger partial charge is 0.308 e. The van der Waals surface area contributed by atoms with Crippen molar-refractivity contribution in [1.82, 2.24) is 4.90 Å². The normalized spacial score (nSPS) is 21.0. The summed E-state index contributed by atoms with van der Waals surface area (Å²) >= 11 is 10.2. The van der Waals surface area contributed by atoms with E-state index in [4.69, 9.17) is 12.2 Å². The van der Waals surface area contributed by atoms with E-state index in [1.807, 2.05) is 32.0 Å². The Morgan fingerprint density at radius 2 is 1.96 bits per heavy atom. The Morgan fingerprint density at radius 3 is 2.62 bits per heavy atom. The number of nitrogens with zero attached hydrogens (tertiary/aromatic N) is 2. The molecule has 0 spiro atoms. The quantitative estimate of drug-likeness (QED) is 0.467. The third-order valence-electron chi connectivity index (χ3n) is 4.77. The Labute approximate surface area is 172 Å². The number of unbranched alkanes of at least 4 members (excludes halogenated alkanes) is 1. The van der Waals surface area contributed by atoms with Crippen LogP contribution >= 0.6 is 39.9 Å². The number of halogens is 1. The fourth-order valence-electron chi connectivity index (χ4n) is 3.15. The van der Waals surface area contributed by atoms with Crippen LogP contribution in [0.25, 0.3) is 5.57 Å². The molecule has 4 nitrogen and oxygen atoms in total. The first kappa shape index (κ1) is 19.6. The molecular formula is C19H21BrN2O2S2. The summed E-state index contributed by atoms with van der Waals surface area (Å²) in [5.74, 6) is -0.253. The van der Waals surface area contributed by atoms with E-state index in [0.29, 0.717) is 21.3 Å². The molecule has 2 amide bonds. The van der Waals surface area contributed by atoms with Crippen LogP contribution in [0.1, 0.15) is 45.6 Å². The zero-order valence-corrected chi connectivity index (χ0v) is 18.3. The lowest BCUT2D eigenvalue weighted by atomic mass is 10.1. The van der Waals surface area contributed by atoms with E-state index in [1.165, 1.54) is 11.8 Å². The lowest BCUT2D eigenvalue weighted by molar-refractivity contribution is -0.123. The number of carbonyl (C=O) groups is 2. The van der Waals surface area contributed by atoms with Gasteiger partial charge in [0.25, 0.3) is 11.8 Å². The average Bonchev–Trinajstić information content (AvgIpc) is 3.04. The number of anilines is 1. The van der Waals surface area contributed by atoms with E-state index in [9.17, 15) is 9.59 Å². The Morgan fingerprint density at radius 1 is 1.23 bits per heavy atom. The first-order chi connectivity index (χ1) is 12.4. The Kier molecular flexibility index (Phi) is 5.89. The second-order valence-electron chi connectivity index (χ2n) is 6.48. The van der Waals surface area contributed by atoms with Crippen molar-refractivity contribution in [3.8, 4) is 0 Å². The third-order valence-corrected chi connectivity index (χ3v) is 6.66. The smallest absolute Gasteiger partial charge is 0.267 e. The van der Waals surface area contributed by atoms with E-state index in [0.717, 1.165) is 35.0 Å². The summed E-state index contributed by atoms with van der Waals surface area (Å²) in [6.07, 6.45) is 2.73. The lowest BCUT2D eigenvalue weighted by Gasteiger charge is -2.21. The minimum absolute atomic E-state index is 0.0234. The predicted octanol–water partition coefficient (Wildman–Crippen LogP) is 4.97. The number of hydrogen-bond acceptors (Lipinski definition) is 4. The van der Waals surface area contributed by atoms with Gasteiger partial charge in [0.05, 0.1) is 16.2 Å². The minimum Gasteiger partial charge on any atom is -0.308 e. The van der Waals surface area contributed by atoms with Gasteiger partial charge < -0.3 is 4.90 Å². The molecule has 1 aromatic carbocycles. The molecule has 1 aromatic rings. The topological polar surface area (TPSA) is 40.6 Å². The summed E-state index contributed by atoms with van der Waals surface area (Å²) in [4.78, 5) is 30.1. The van der Waals surface area contributed by atoms with E-state index in [-0.39, 0.29) is 17.9 Å². The highest BCUT2D eigenvalue weighted by molar-refractivity contribution is 9.10. The molecular weight excluding hydrogens is 432 g/mol. The fraction of sp³-hybridized carbons (Fsp3) is 0.421. The highest BCUT2D eigenvalue weighted by Crippen LogP contribution is 2.46. The van der Waals surface area contributed by atoms with E-state index >= 15 is 0 Å². The molecule has 0 N–H and O–H groups in total. The van der Waals surface area contributed by atoms with E-state index < -0.39 is 0 Å². The molecule has 0 aromatic heterocycles. The van der Waals surface area contributed by atoms with Gasteiger partial charge in [-0.3, -0.25) is 14.5 Å². The number of thiocarbonyl (C=S) groups is 1. The molecule has 2 heterocycles. The molecule has 1 fully saturated rings. The molecule has 26 heavy (non-hydrogen) atoms. The molecule has 1 saturated heterocycles. The minimum atomic E-state index is -0.152. The van der Waals surface area contributed by atoms with Gasteiger partial charge >= 0.3 is 0 Å². The number of fused-ring (bicyclic) bond motifs is 1. The Hall–Kier alpha value is -1.18. The SMILES string of the molecule is CCCCN1C(=O)C(=C2SC(=S)N(C(C)CC)C2=O)c2cc(Br)ccc21. The second kappa shape index (κ2) is 7.82. The lowest BCUT2D eigenvalue weighted by Crippen LogP contribution is -2.36. The second-order valence-corrected chi connectivity index (χ2v) is 9.04. The number of amides is 2. The average molecular weight is 453 g/mol. The molecule has 2 aliphatic rings. The molecule has 1 atom stereocenters. The predicted molar refractivity (Wildman–Crippen MR) is 115 cm³/mol. The maximum atomic E-state index is 13.2. The van der Waals surface area contributed by atoms with Crippen LogP contribution in [-0.4, -0.2) is 33.6 Å². The molecule has 2 aliphatic heterocycles. The monoisotopic (exact) mass is 452 g/mol. The van der Waals surface area contributed by atoms with Crippen LogP contribution < -0.4 is 4.90 Å². The van der Waals surface area contributed by atoms with Crippen LogP contribution in [0.2, 0.25) is 0 Å². The molecule has 1 unspecified atom stereocenters. The van der Waals surface area contributed by atoms with Gasteiger partial charge in [-0.2, -0.15) is 0 Å². The van der Waals surface area contributed by atoms with Crippen molar-refractivity contribution in [2.24, 2.45) is 0 Å². The summed E-state index contributed by atoms with van der Waals surface area (Å²) in [5, 5.41) is 0. The van der Waals surface area contributed by atoms with Crippen LogP contribution in [0.3, 0.4) is 0 Å². The van der Waals surface area contributed by atoms with Gasteiger partial charge in [0.2, 0.25) is 0 Å². The molecule has 138 valence electrons. The van der Waals surface area contributed by atoms with Crippen molar-refractivity contribution in [3.63, 3.8) is 0 Å². The summed E-state index contributed by atoms with van der Waals surface area (Å²) < 4.78 is 1.42. The number of carbonyl (C=O) groups excluding carboxylic acids is 2. The molecule has 3 rings (SSSR count). The van der Waals surface area contributed by atoms with Gasteiger partial charge in [0.1, 0.15) is 4.32 Å². The van der Waals surface area contributed by atoms with Gasteiger partial charge in [-0.15, -0.1) is 0 Å². The van der Waals surface area contributed by atoms with E-state index in [1.54, 1.807) is 9.80 Å². The fourth-order valence-corrected chi connectivity index (χ4v) is 5.05. The van der Waals surface area contributed by atoms with Crippen molar-refractivity contribution in [1.29, 1.82) is 0 Å². The van der Waals surface area contributed by atoms with Crippen LogP contribution in [0.5, 0.6) is 0 Å². The third kappa shape index (κ3) is 3.25. The highest BCUT2D eigenvalue weighted by atomic mass is 79.9. The van der Waals surface area contributed by atoms with Crippen LogP contribution in [0, 0.1) is 0 Å². The van der Waals surface area contributed by atoms with Crippen molar-refractivity contribution in [2.45, 2.75) is 46.1 Å². The Bertz CT molecular complexity index is 822. The molecule has 0 bridgehead atoms. The standard InChI is InChI=1S/C19H21BrN2O2S2/c1-4-6-9-21-14-8-7-12(20)10-13(14)15(17(21)23)16-18(24)22(11(3)5-2)19(25)26-16/h7-8,10-11H,4-6,9H2,1-3H3. The van der Waals surface area contributed by atoms with Gasteiger partial charge in [-0.1, -0.05) is 60.2 Å². The maximum Gasteiger partial charge on any atom is 0.267 e. The van der Waals surface area contributed by atoms with Gasteiger partial charge in [0, 0.05) is 22.6 Å². The number of rotatable bonds is 5. The van der Waals surface area contributed by atoms with Crippen LogP contribution in [0.15, 0.2) is 27.6 Å². The molecule has 0 aliphatic carbocycles. The van der Waals surface area contributed by atoms with Gasteiger partial charge in [-0.05, 0) is 38.0 Å². The summed E-state index contributed by atoms with van der Waals surface area (Å²) in [6, 6.07) is 5.81. The van der Waals surface area contributed by atoms with Crippen molar-refractivity contribution >= 4 is 67.3 Å². The zero-order chi connectivity index (χ0) is 19.0. The Balaban J connectivity index is 2.12. The van der Waals surface area contributed by atoms with Gasteiger partial charge in [-0.25, -0.2) is 0 Å². The molecule has 0 radical (unpaired) electrons. The number of benzene rings is 1. The molecule has 0 saturated carbocycles. The zero-order valence-electron chi connectivity index (χ0n) is 15.0. The summed E-state index contributed by atoms with van der Waals surface area (Å²) in [7, 11) is 0. The van der Waals surface area contributed by atoms with Crippen molar-refractivity contribution in [2.75, 3.05) is 11.4 Å². The first-order valence-electron chi connectivity index (χ1n) is 8.82. The van der Waals surface area contributed by atoms with Crippen molar-refractivity contribution in [3.05, 3.63) is 33.1 Å². The van der Waals surface area contributed by atoms with Crippen molar-refractivity contribution < 1.29 is 9.59 Å². The highest BCUT2D eigenvalue weighted by Gasteiger charge is 2.42. The number of hydrogen-bond donors (Lipinski definition) is 0. The summed E-state index contributed by atoms with van der Waals surface area (Å²) in [6.45, 7) is 6.75. The summed E-state index contributed by atoms with van der Waals surface area (Å²) in [5.41, 5.74) is 2.17. The van der Waals surface area contributed by atoms with E-state index in [2.05, 4.69) is 22.9 Å². The number of thioether (sulfide) groups is 1. The van der Waals surface area contributed by atoms with Crippen LogP contribution in [-0.2, 0) is 9.59 Å². The molecule has 7 heteroatoms. The van der Waals surface area contributed by atoms with Gasteiger partial charge in [0.15, 0.2) is 0 Å². The van der Waals surface area contributed by atoms with Crippen LogP contribution in [0.4, 0.5) is 5.69 Å². The first-order valence-corrected chi connectivity index (χ1v) is 10.8.